The molecule has 1 aromatic carbocycles. The van der Waals surface area contributed by atoms with Gasteiger partial charge >= 0.3 is 5.97 Å². The van der Waals surface area contributed by atoms with Crippen molar-refractivity contribution < 1.29 is 28.0 Å². The van der Waals surface area contributed by atoms with Crippen LogP contribution in [0.2, 0.25) is 0 Å². The predicted octanol–water partition coefficient (Wildman–Crippen LogP) is 3.70. The number of hydrogen-bond donors (Lipinski definition) is 2. The summed E-state index contributed by atoms with van der Waals surface area (Å²) in [4.78, 5) is 26.9. The minimum absolute atomic E-state index is 0.0101. The summed E-state index contributed by atoms with van der Waals surface area (Å²) in [5.41, 5.74) is -0.103. The molecule has 32 heavy (non-hydrogen) atoms. The normalized spacial score (nSPS) is 26.2. The number of nitrogens with zero attached hydrogens (tertiary/aromatic N) is 2. The number of carboxylic acids is 1. The van der Waals surface area contributed by atoms with Crippen LogP contribution in [0.25, 0.3) is 11.3 Å². The summed E-state index contributed by atoms with van der Waals surface area (Å²) >= 11 is 0. The zero-order valence-corrected chi connectivity index (χ0v) is 17.9. The molecule has 4 atom stereocenters. The smallest absolute Gasteiger partial charge is 0.309 e. The molecule has 2 N–H and O–H groups in total. The first-order chi connectivity index (χ1) is 15.4. The highest BCUT2D eigenvalue weighted by Gasteiger charge is 2.40. The summed E-state index contributed by atoms with van der Waals surface area (Å²) in [7, 11) is 0. The zero-order valence-electron chi connectivity index (χ0n) is 17.9. The van der Waals surface area contributed by atoms with E-state index in [-0.39, 0.29) is 17.0 Å². The fourth-order valence-corrected chi connectivity index (χ4v) is 5.12. The first-order valence-corrected chi connectivity index (χ1v) is 11.1. The molecule has 7 nitrogen and oxygen atoms in total. The molecule has 0 bridgehead atoms. The first kappa shape index (κ1) is 22.4. The maximum atomic E-state index is 14.0. The number of carboxylic acid groups (broad SMARTS) is 1. The number of aromatic nitrogens is 1. The van der Waals surface area contributed by atoms with Crippen LogP contribution in [0.15, 0.2) is 28.8 Å². The molecule has 1 saturated heterocycles. The van der Waals surface area contributed by atoms with Crippen molar-refractivity contribution in [1.82, 2.24) is 15.4 Å². The standard InChI is InChI=1S/C23H27F2N3O4/c1-2-13-4-3-5-20(13)28-9-8-18(16(12-28)23(30)31)26-22(29)19-11-21(32-27-19)15-7-6-14(24)10-17(15)25/h6-7,10-11,13,16,18,20H,2-5,8-9,12H2,1H3,(H,26,29)(H,30,31)/t13-,16+,18+,20-/m0/s1. The summed E-state index contributed by atoms with van der Waals surface area (Å²) in [6, 6.07) is 4.13. The Bertz CT molecular complexity index is 995. The minimum Gasteiger partial charge on any atom is -0.481 e. The maximum absolute atomic E-state index is 14.0. The second-order valence-corrected chi connectivity index (χ2v) is 8.68. The van der Waals surface area contributed by atoms with Gasteiger partial charge in [-0.15, -0.1) is 0 Å². The molecule has 0 unspecified atom stereocenters. The fourth-order valence-electron chi connectivity index (χ4n) is 5.12. The zero-order chi connectivity index (χ0) is 22.8. The highest BCUT2D eigenvalue weighted by molar-refractivity contribution is 5.93. The van der Waals surface area contributed by atoms with Crippen LogP contribution in [0.3, 0.4) is 0 Å². The Labute approximate surface area is 184 Å². The van der Waals surface area contributed by atoms with Crippen LogP contribution in [0.4, 0.5) is 8.78 Å². The number of carbonyl (C=O) groups excluding carboxylic acids is 1. The summed E-state index contributed by atoms with van der Waals surface area (Å²) in [6.45, 7) is 3.29. The lowest BCUT2D eigenvalue weighted by Gasteiger charge is -2.41. The molecule has 2 aromatic rings. The summed E-state index contributed by atoms with van der Waals surface area (Å²) in [5.74, 6) is -3.23. The van der Waals surface area contributed by atoms with Gasteiger partial charge in [-0.2, -0.15) is 0 Å². The molecule has 9 heteroatoms. The van der Waals surface area contributed by atoms with Crippen LogP contribution in [0.1, 0.15) is 49.5 Å². The van der Waals surface area contributed by atoms with Crippen molar-refractivity contribution in [2.45, 2.75) is 51.1 Å². The lowest BCUT2D eigenvalue weighted by molar-refractivity contribution is -0.145. The molecule has 172 valence electrons. The van der Waals surface area contributed by atoms with E-state index in [0.29, 0.717) is 24.9 Å². The van der Waals surface area contributed by atoms with E-state index in [9.17, 15) is 23.5 Å². The van der Waals surface area contributed by atoms with Crippen molar-refractivity contribution in [1.29, 1.82) is 0 Å². The topological polar surface area (TPSA) is 95.7 Å². The van der Waals surface area contributed by atoms with Gasteiger partial charge in [-0.05, 0) is 37.3 Å². The van der Waals surface area contributed by atoms with Crippen molar-refractivity contribution in [3.63, 3.8) is 0 Å². The quantitative estimate of drug-likeness (QED) is 0.701. The molecule has 0 spiro atoms. The Morgan fingerprint density at radius 2 is 2.06 bits per heavy atom. The molecule has 1 amide bonds. The summed E-state index contributed by atoms with van der Waals surface area (Å²) in [5, 5.41) is 16.3. The van der Waals surface area contributed by atoms with Gasteiger partial charge in [0, 0.05) is 37.3 Å². The second-order valence-electron chi connectivity index (χ2n) is 8.68. The number of carbonyl (C=O) groups is 2. The SMILES string of the molecule is CC[C@H]1CCC[C@@H]1N1CC[C@@H](NC(=O)c2cc(-c3ccc(F)cc3F)on2)[C@H](C(=O)O)C1. The Hall–Kier alpha value is -2.81. The number of amides is 1. The van der Waals surface area contributed by atoms with Crippen molar-refractivity contribution in [3.8, 4) is 11.3 Å². The van der Waals surface area contributed by atoms with Crippen LogP contribution in [0, 0.1) is 23.5 Å². The van der Waals surface area contributed by atoms with E-state index in [4.69, 9.17) is 4.52 Å². The fraction of sp³-hybridized carbons (Fsp3) is 0.522. The Morgan fingerprint density at radius 1 is 1.25 bits per heavy atom. The monoisotopic (exact) mass is 447 g/mol. The van der Waals surface area contributed by atoms with E-state index in [1.165, 1.54) is 25.0 Å². The number of benzene rings is 1. The van der Waals surface area contributed by atoms with Crippen molar-refractivity contribution in [2.24, 2.45) is 11.8 Å². The van der Waals surface area contributed by atoms with E-state index in [2.05, 4.69) is 22.3 Å². The minimum atomic E-state index is -0.944. The lowest BCUT2D eigenvalue weighted by Crippen LogP contribution is -2.56. The van der Waals surface area contributed by atoms with Gasteiger partial charge in [-0.1, -0.05) is 24.9 Å². The van der Waals surface area contributed by atoms with Gasteiger partial charge in [0.25, 0.3) is 5.91 Å². The Balaban J connectivity index is 1.44. The first-order valence-electron chi connectivity index (χ1n) is 11.1. The van der Waals surface area contributed by atoms with Gasteiger partial charge in [0.2, 0.25) is 0 Å². The highest BCUT2D eigenvalue weighted by atomic mass is 19.1. The third-order valence-electron chi connectivity index (χ3n) is 6.83. The van der Waals surface area contributed by atoms with E-state index in [0.717, 1.165) is 31.5 Å². The van der Waals surface area contributed by atoms with Gasteiger partial charge in [0.1, 0.15) is 11.6 Å². The third kappa shape index (κ3) is 4.53. The van der Waals surface area contributed by atoms with E-state index >= 15 is 0 Å². The van der Waals surface area contributed by atoms with Crippen LogP contribution in [0.5, 0.6) is 0 Å². The van der Waals surface area contributed by atoms with Gasteiger partial charge in [0.15, 0.2) is 11.5 Å². The summed E-state index contributed by atoms with van der Waals surface area (Å²) in [6.07, 6.45) is 5.04. The molecule has 2 aliphatic rings. The number of nitrogens with one attached hydrogen (secondary N) is 1. The number of hydrogen-bond acceptors (Lipinski definition) is 5. The molecular weight excluding hydrogens is 420 g/mol. The molecule has 4 rings (SSSR count). The molecule has 1 aliphatic carbocycles. The number of rotatable bonds is 6. The molecule has 1 aromatic heterocycles. The molecular formula is C23H27F2N3O4. The molecule has 1 saturated carbocycles. The molecule has 2 heterocycles. The van der Waals surface area contributed by atoms with Crippen LogP contribution in [-0.2, 0) is 4.79 Å². The molecule has 2 fully saturated rings. The maximum Gasteiger partial charge on any atom is 0.309 e. The third-order valence-corrected chi connectivity index (χ3v) is 6.83. The van der Waals surface area contributed by atoms with Crippen molar-refractivity contribution in [2.75, 3.05) is 13.1 Å². The predicted molar refractivity (Wildman–Crippen MR) is 112 cm³/mol. The van der Waals surface area contributed by atoms with Gasteiger partial charge in [-0.3, -0.25) is 14.5 Å². The van der Waals surface area contributed by atoms with E-state index in [1.807, 2.05) is 0 Å². The largest absolute Gasteiger partial charge is 0.481 e. The van der Waals surface area contributed by atoms with Crippen molar-refractivity contribution in [3.05, 3.63) is 41.6 Å². The van der Waals surface area contributed by atoms with Gasteiger partial charge in [0.05, 0.1) is 11.5 Å². The second kappa shape index (κ2) is 9.36. The van der Waals surface area contributed by atoms with Gasteiger partial charge < -0.3 is 14.9 Å². The lowest BCUT2D eigenvalue weighted by atomic mass is 9.89. The number of aliphatic carboxylic acids is 1. The highest BCUT2D eigenvalue weighted by Crippen LogP contribution is 2.34. The molecule has 0 radical (unpaired) electrons. The number of halogens is 2. The number of piperidine rings is 1. The Kier molecular flexibility index (Phi) is 6.55. The average molecular weight is 447 g/mol. The number of likely N-dealkylation sites (tertiary alicyclic amines) is 1. The van der Waals surface area contributed by atoms with E-state index in [1.54, 1.807) is 0 Å². The Morgan fingerprint density at radius 3 is 2.78 bits per heavy atom. The van der Waals surface area contributed by atoms with Crippen LogP contribution < -0.4 is 5.32 Å². The average Bonchev–Trinajstić information content (AvgIpc) is 3.43. The summed E-state index contributed by atoms with van der Waals surface area (Å²) < 4.78 is 32.2. The van der Waals surface area contributed by atoms with Crippen molar-refractivity contribution >= 4 is 11.9 Å². The van der Waals surface area contributed by atoms with E-state index < -0.39 is 35.5 Å². The van der Waals surface area contributed by atoms with Crippen LogP contribution in [-0.4, -0.2) is 52.2 Å². The molecule has 1 aliphatic heterocycles. The van der Waals surface area contributed by atoms with Crippen LogP contribution >= 0.6 is 0 Å². The van der Waals surface area contributed by atoms with Gasteiger partial charge in [-0.25, -0.2) is 8.78 Å².